The van der Waals surface area contributed by atoms with E-state index in [2.05, 4.69) is 414 Å². The molecule has 8 heteroatoms. The van der Waals surface area contributed by atoms with Crippen LogP contribution in [-0.2, 0) is 39.0 Å². The van der Waals surface area contributed by atoms with Gasteiger partial charge in [-0.05, 0) is 252 Å². The van der Waals surface area contributed by atoms with E-state index >= 15 is 0 Å². The average Bonchev–Trinajstić information content (AvgIpc) is 1.33. The normalized spacial score (nSPS) is 15.5. The Bertz CT molecular complexity index is 7600. The van der Waals surface area contributed by atoms with E-state index in [4.69, 9.17) is 8.22 Å². The highest BCUT2D eigenvalue weighted by atomic mass is 28.3. The van der Waals surface area contributed by atoms with Crippen LogP contribution in [0.2, 0.25) is 52.4 Å². The van der Waals surface area contributed by atoms with Gasteiger partial charge in [0.15, 0.2) is 23.7 Å². The molecule has 0 N–H and O–H groups in total. The Balaban J connectivity index is 0.000000133. The van der Waals surface area contributed by atoms with Crippen LogP contribution in [0.25, 0.3) is 88.1 Å². The van der Waals surface area contributed by atoms with Gasteiger partial charge in [0.2, 0.25) is 22.8 Å². The van der Waals surface area contributed by atoms with E-state index in [1.54, 1.807) is 0 Å². The third kappa shape index (κ3) is 20.4. The van der Waals surface area contributed by atoms with Crippen molar-refractivity contribution in [2.75, 3.05) is 0 Å². The molecule has 20 rings (SSSR count). The molecular formula is C131H158N4Si4+4. The van der Waals surface area contributed by atoms with E-state index in [0.717, 1.165) is 60.7 Å². The first-order valence-corrected chi connectivity index (χ1v) is 64.3. The van der Waals surface area contributed by atoms with Crippen LogP contribution in [0.15, 0.2) is 285 Å². The van der Waals surface area contributed by atoms with Crippen LogP contribution < -0.4 is 59.8 Å². The summed E-state index contributed by atoms with van der Waals surface area (Å²) in [5.41, 5.74) is 27.0. The van der Waals surface area contributed by atoms with Crippen LogP contribution in [0.4, 0.5) is 0 Å². The minimum Gasteiger partial charge on any atom is -0.200 e. The van der Waals surface area contributed by atoms with E-state index in [-0.39, 0.29) is 17.0 Å². The molecular weight excluding hydrogens is 1740 g/mol. The molecule has 0 atom stereocenters. The molecule has 4 nitrogen and oxygen atoms in total. The molecule has 4 fully saturated rings. The molecule has 0 radical (unpaired) electrons. The summed E-state index contributed by atoms with van der Waals surface area (Å²) in [6, 6.07) is 94.3. The summed E-state index contributed by atoms with van der Waals surface area (Å²) in [5, 5.41) is 19.4. The molecule has 0 amide bonds. The van der Waals surface area contributed by atoms with Crippen LogP contribution in [-0.4, -0.2) is 32.3 Å². The average molecular weight is 1910 g/mol. The van der Waals surface area contributed by atoms with E-state index in [1.165, 1.54) is 244 Å². The fraction of sp³-hybridized carbons (Fsp3) is 0.359. The van der Waals surface area contributed by atoms with Gasteiger partial charge in [0.05, 0.1) is 43.7 Å². The molecule has 139 heavy (non-hydrogen) atoms. The molecule has 0 aliphatic heterocycles. The Morgan fingerprint density at radius 1 is 0.281 bits per heavy atom. The third-order valence-corrected chi connectivity index (χ3v) is 47.6. The van der Waals surface area contributed by atoms with E-state index in [0.29, 0.717) is 54.0 Å². The zero-order chi connectivity index (χ0) is 104. The fourth-order valence-electron chi connectivity index (χ4n) is 23.7. The van der Waals surface area contributed by atoms with Gasteiger partial charge in [-0.25, -0.2) is 9.13 Å². The van der Waals surface area contributed by atoms with Crippen molar-refractivity contribution in [3.8, 4) is 45.0 Å². The van der Waals surface area contributed by atoms with Gasteiger partial charge in [-0.2, -0.15) is 9.13 Å². The Hall–Kier alpha value is -10.9. The van der Waals surface area contributed by atoms with Crippen LogP contribution in [0.3, 0.4) is 0 Å². The van der Waals surface area contributed by atoms with Crippen molar-refractivity contribution in [3.63, 3.8) is 0 Å². The lowest BCUT2D eigenvalue weighted by Crippen LogP contribution is -2.52. The second-order valence-corrected chi connectivity index (χ2v) is 63.6. The lowest BCUT2D eigenvalue weighted by Gasteiger charge is -2.28. The SMILES string of the molecule is [2H]c1c(C)[n+](C)c(-c2cc(C3CCCC3)cc(C)c2C)c2ccc([Si](C)(C)c3ccccc3)cc12.[2H]c1c(C)[n+](C)c(-c2cc(C3CCCC3)ccc2C)c2ccc([Si](C)(C)c3ccccc3)cc12.[2H]c1c([2H])[n+](C)c(-c2cc(C(C)(C)C)cc(C(C)(C)C)c2C)c2ccc([Si](C)(C)c3ccccc3)cc12.[2H]c1c([2H])[n+](C)c(-c2cc(C3CCCC3)cc(C3CCCC3)c2C)c2ccc([Si](C)(C)c3ccccc3)cc12. The maximum absolute atomic E-state index is 9.06. The number of fused-ring (bicyclic) bond motifs is 4. The zero-order valence-corrected chi connectivity index (χ0v) is 92.6. The van der Waals surface area contributed by atoms with Gasteiger partial charge in [0.25, 0.3) is 0 Å². The van der Waals surface area contributed by atoms with E-state index < -0.39 is 32.3 Å². The molecule has 714 valence electrons. The van der Waals surface area contributed by atoms with Crippen LogP contribution >= 0.6 is 0 Å². The second-order valence-electron chi connectivity index (χ2n) is 46.0. The standard InChI is InChI=1S/C35H42NSi.C33H42NSi.C32H38NSi.C31H36NSi/c1-25-33(27-14-10-11-15-27)23-29(26-12-8-9-13-26)24-34(25)35-32-19-18-31(22-28(32)20-21-36(35)2)37(3,4)30-16-6-5-7-17-30;1-23-29(21-25(32(2,3)4)22-30(23)33(5,6)7)31-28-17-16-27(20-24(28)18-19-34(31)8)35(9,10)26-14-12-11-13-15-26;1-22-18-26(25-12-10-11-13-25)21-31(24(22)3)32-30-17-16-29(20-27(30)19-23(2)33(32)4)34(5,6)28-14-8-7-9-15-28;1-22-15-16-25(24-11-9-10-12-24)21-30(22)31-29-18-17-28(20-26(29)19-23(2)32(31)3)33(4,5)27-13-7-6-8-14-27/h5-7,16-24,26-27H,8-15H2,1-4H3;11-22H,1-10H3;7-9,14-21,25H,10-13H2,1-6H3;6-8,13-21,24H,9-12H2,1-5H3/q4*+1/i20D,21D;18D,19D;2*19D. The fourth-order valence-corrected chi connectivity index (χ4v) is 33.2. The lowest BCUT2D eigenvalue weighted by atomic mass is 9.76. The van der Waals surface area contributed by atoms with Crippen molar-refractivity contribution in [2.24, 2.45) is 28.2 Å². The van der Waals surface area contributed by atoms with Crippen LogP contribution in [0.5, 0.6) is 0 Å². The van der Waals surface area contributed by atoms with Crippen molar-refractivity contribution < 1.29 is 26.5 Å². The van der Waals surface area contributed by atoms with Gasteiger partial charge >= 0.3 is 0 Å². The molecule has 4 aliphatic rings. The van der Waals surface area contributed by atoms with Crippen LogP contribution in [0, 0.1) is 48.5 Å². The first kappa shape index (κ1) is 91.9. The second kappa shape index (κ2) is 40.6. The monoisotopic (exact) mass is 1910 g/mol. The van der Waals surface area contributed by atoms with Gasteiger partial charge in [0.1, 0.15) is 63.2 Å². The van der Waals surface area contributed by atoms with Crippen molar-refractivity contribution in [2.45, 2.75) is 280 Å². The maximum atomic E-state index is 9.06. The Kier molecular flexibility index (Phi) is 26.9. The molecule has 4 aromatic heterocycles. The zero-order valence-electron chi connectivity index (χ0n) is 94.6. The lowest BCUT2D eigenvalue weighted by molar-refractivity contribution is -0.665. The third-order valence-electron chi connectivity index (χ3n) is 33.5. The predicted octanol–water partition coefficient (Wildman–Crippen LogP) is 28.0. The predicted molar refractivity (Wildman–Crippen MR) is 610 cm³/mol. The topological polar surface area (TPSA) is 15.5 Å². The summed E-state index contributed by atoms with van der Waals surface area (Å²) in [5.74, 6) is 2.68. The number of nitrogens with zero attached hydrogens (tertiary/aromatic N) is 4. The van der Waals surface area contributed by atoms with Crippen molar-refractivity contribution in [1.82, 2.24) is 0 Å². The van der Waals surface area contributed by atoms with Gasteiger partial charge < -0.3 is 0 Å². The minimum absolute atomic E-state index is 0.00550. The molecule has 0 unspecified atom stereocenters. The summed E-state index contributed by atoms with van der Waals surface area (Å²) < 4.78 is 62.3. The molecule has 4 aliphatic carbocycles. The summed E-state index contributed by atoms with van der Waals surface area (Å²) >= 11 is 0. The molecule has 0 spiro atoms. The highest BCUT2D eigenvalue weighted by Gasteiger charge is 2.37. The number of hydrogen-bond donors (Lipinski definition) is 0. The first-order chi connectivity index (χ1) is 68.8. The number of benzene rings is 12. The molecule has 0 bridgehead atoms. The Labute approximate surface area is 848 Å². The molecule has 4 saturated carbocycles. The number of aryl methyl sites for hydroxylation is 2. The summed E-state index contributed by atoms with van der Waals surface area (Å²) in [6.07, 6.45) is 21.6. The first-order valence-electron chi connectivity index (χ1n) is 55.3. The van der Waals surface area contributed by atoms with Crippen molar-refractivity contribution in [3.05, 3.63) is 358 Å². The maximum Gasteiger partial charge on any atom is 0.220 e. The van der Waals surface area contributed by atoms with Crippen molar-refractivity contribution in [1.29, 1.82) is 0 Å². The summed E-state index contributed by atoms with van der Waals surface area (Å²) in [6.45, 7) is 48.2. The van der Waals surface area contributed by atoms with E-state index in [1.807, 2.05) is 23.2 Å². The summed E-state index contributed by atoms with van der Waals surface area (Å²) in [4.78, 5) is 0. The number of pyridine rings is 4. The molecule has 12 aromatic carbocycles. The van der Waals surface area contributed by atoms with Crippen LogP contribution in [0.1, 0.15) is 249 Å². The Morgan fingerprint density at radius 2 is 0.604 bits per heavy atom. The van der Waals surface area contributed by atoms with E-state index in [9.17, 15) is 0 Å². The molecule has 16 aromatic rings. The Morgan fingerprint density at radius 3 is 0.978 bits per heavy atom. The number of aromatic nitrogens is 4. The minimum atomic E-state index is -1.95. The smallest absolute Gasteiger partial charge is 0.200 e. The molecule has 4 heterocycles. The largest absolute Gasteiger partial charge is 0.220 e. The van der Waals surface area contributed by atoms with Gasteiger partial charge in [0, 0.05) is 43.6 Å². The number of rotatable bonds is 16. The highest BCUT2D eigenvalue weighted by Crippen LogP contribution is 2.47. The van der Waals surface area contributed by atoms with Crippen molar-refractivity contribution >= 4 is 117 Å². The molecule has 0 saturated heterocycles. The van der Waals surface area contributed by atoms with Gasteiger partial charge in [-0.1, -0.05) is 387 Å². The number of hydrogen-bond acceptors (Lipinski definition) is 0. The summed E-state index contributed by atoms with van der Waals surface area (Å²) in [7, 11) is 0.581. The quantitative estimate of drug-likeness (QED) is 0.0677. The van der Waals surface area contributed by atoms with Gasteiger partial charge in [-0.3, -0.25) is 0 Å². The highest BCUT2D eigenvalue weighted by molar-refractivity contribution is 7.02. The van der Waals surface area contributed by atoms with Gasteiger partial charge in [-0.15, -0.1) is 0 Å².